The van der Waals surface area contributed by atoms with Gasteiger partial charge in [0.15, 0.2) is 5.65 Å². The van der Waals surface area contributed by atoms with Crippen LogP contribution in [0.5, 0.6) is 0 Å². The molecule has 0 saturated heterocycles. The highest BCUT2D eigenvalue weighted by Crippen LogP contribution is 2.13. The van der Waals surface area contributed by atoms with Gasteiger partial charge < -0.3 is 10.1 Å². The molecular formula is C9H11N3O. The van der Waals surface area contributed by atoms with Gasteiger partial charge >= 0.3 is 0 Å². The number of imidazole rings is 1. The van der Waals surface area contributed by atoms with Crippen LogP contribution in [0.15, 0.2) is 12.1 Å². The van der Waals surface area contributed by atoms with E-state index in [9.17, 15) is 5.11 Å². The quantitative estimate of drug-likeness (QED) is 0.690. The molecule has 2 aromatic rings. The highest BCUT2D eigenvalue weighted by atomic mass is 16.3. The van der Waals surface area contributed by atoms with Crippen LogP contribution in [0.25, 0.3) is 11.2 Å². The topological polar surface area (TPSA) is 61.8 Å². The molecule has 0 radical (unpaired) electrons. The van der Waals surface area contributed by atoms with Crippen molar-refractivity contribution in [3.8, 4) is 0 Å². The fourth-order valence-electron chi connectivity index (χ4n) is 1.20. The van der Waals surface area contributed by atoms with E-state index in [0.717, 1.165) is 11.2 Å². The Hall–Kier alpha value is -1.42. The molecule has 1 atom stereocenters. The van der Waals surface area contributed by atoms with Crippen LogP contribution < -0.4 is 0 Å². The van der Waals surface area contributed by atoms with Crippen LogP contribution in [0, 0.1) is 6.92 Å². The Kier molecular flexibility index (Phi) is 1.77. The molecule has 4 heteroatoms. The number of nitrogens with one attached hydrogen (secondary N) is 1. The molecule has 0 amide bonds. The van der Waals surface area contributed by atoms with Crippen molar-refractivity contribution in [2.24, 2.45) is 0 Å². The second-order valence-electron chi connectivity index (χ2n) is 3.12. The average Bonchev–Trinajstić information content (AvgIpc) is 2.46. The Labute approximate surface area is 75.7 Å². The van der Waals surface area contributed by atoms with E-state index < -0.39 is 6.10 Å². The number of rotatable bonds is 1. The van der Waals surface area contributed by atoms with Gasteiger partial charge in [0.05, 0.1) is 5.52 Å². The van der Waals surface area contributed by atoms with Crippen molar-refractivity contribution >= 4 is 11.2 Å². The summed E-state index contributed by atoms with van der Waals surface area (Å²) < 4.78 is 0. The largest absolute Gasteiger partial charge is 0.385 e. The van der Waals surface area contributed by atoms with Crippen LogP contribution >= 0.6 is 0 Å². The van der Waals surface area contributed by atoms with Gasteiger partial charge in [-0.3, -0.25) is 0 Å². The summed E-state index contributed by atoms with van der Waals surface area (Å²) in [5.74, 6) is 0.563. The first-order valence-electron chi connectivity index (χ1n) is 4.18. The zero-order chi connectivity index (χ0) is 9.42. The average molecular weight is 177 g/mol. The van der Waals surface area contributed by atoms with E-state index in [2.05, 4.69) is 15.0 Å². The molecule has 0 unspecified atom stereocenters. The maximum atomic E-state index is 9.27. The molecule has 0 aliphatic carbocycles. The number of aryl methyl sites for hydroxylation is 1. The summed E-state index contributed by atoms with van der Waals surface area (Å²) in [6, 6.07) is 3.82. The first kappa shape index (κ1) is 8.19. The number of pyridine rings is 1. The third-order valence-electron chi connectivity index (χ3n) is 1.90. The van der Waals surface area contributed by atoms with Crippen molar-refractivity contribution in [1.29, 1.82) is 0 Å². The van der Waals surface area contributed by atoms with Crippen molar-refractivity contribution in [2.45, 2.75) is 20.0 Å². The number of hydrogen-bond acceptors (Lipinski definition) is 3. The normalized spacial score (nSPS) is 13.5. The van der Waals surface area contributed by atoms with Crippen LogP contribution in [-0.2, 0) is 0 Å². The van der Waals surface area contributed by atoms with Gasteiger partial charge in [-0.25, -0.2) is 9.97 Å². The number of nitrogens with zero attached hydrogens (tertiary/aromatic N) is 2. The number of H-pyrrole nitrogens is 1. The third kappa shape index (κ3) is 1.40. The zero-order valence-electron chi connectivity index (χ0n) is 7.57. The standard InChI is InChI=1S/C9H11N3O/c1-5-3-4-7-9(10-5)12-8(11-7)6(2)13/h3-4,6,13H,1-2H3,(H,10,11,12)/t6-/m0/s1. The minimum atomic E-state index is -0.575. The minimum absolute atomic E-state index is 0.563. The lowest BCUT2D eigenvalue weighted by atomic mass is 10.3. The van der Waals surface area contributed by atoms with Crippen LogP contribution in [-0.4, -0.2) is 20.1 Å². The van der Waals surface area contributed by atoms with Crippen molar-refractivity contribution in [3.63, 3.8) is 0 Å². The molecule has 68 valence electrons. The Balaban J connectivity index is 2.62. The summed E-state index contributed by atoms with van der Waals surface area (Å²) in [4.78, 5) is 11.4. The maximum Gasteiger partial charge on any atom is 0.178 e. The van der Waals surface area contributed by atoms with E-state index in [4.69, 9.17) is 0 Å². The zero-order valence-corrected chi connectivity index (χ0v) is 7.57. The van der Waals surface area contributed by atoms with E-state index in [1.807, 2.05) is 19.1 Å². The second-order valence-corrected chi connectivity index (χ2v) is 3.12. The highest BCUT2D eigenvalue weighted by Gasteiger charge is 2.07. The second kappa shape index (κ2) is 2.81. The number of fused-ring (bicyclic) bond motifs is 1. The maximum absolute atomic E-state index is 9.27. The Morgan fingerprint density at radius 3 is 2.85 bits per heavy atom. The predicted octanol–water partition coefficient (Wildman–Crippen LogP) is 1.32. The molecule has 2 heterocycles. The van der Waals surface area contributed by atoms with E-state index in [-0.39, 0.29) is 0 Å². The van der Waals surface area contributed by atoms with Crippen LogP contribution in [0.4, 0.5) is 0 Å². The molecule has 13 heavy (non-hydrogen) atoms. The Bertz CT molecular complexity index is 433. The van der Waals surface area contributed by atoms with Gasteiger partial charge in [-0.1, -0.05) is 0 Å². The van der Waals surface area contributed by atoms with Crippen LogP contribution in [0.1, 0.15) is 24.5 Å². The Morgan fingerprint density at radius 2 is 2.15 bits per heavy atom. The van der Waals surface area contributed by atoms with E-state index >= 15 is 0 Å². The summed E-state index contributed by atoms with van der Waals surface area (Å²) in [6.07, 6.45) is -0.575. The first-order valence-corrected chi connectivity index (χ1v) is 4.18. The molecule has 0 bridgehead atoms. The Morgan fingerprint density at radius 1 is 1.38 bits per heavy atom. The predicted molar refractivity (Wildman–Crippen MR) is 49.3 cm³/mol. The van der Waals surface area contributed by atoms with E-state index in [1.54, 1.807) is 6.92 Å². The summed E-state index contributed by atoms with van der Waals surface area (Å²) in [6.45, 7) is 3.58. The van der Waals surface area contributed by atoms with Gasteiger partial charge in [0.2, 0.25) is 0 Å². The summed E-state index contributed by atoms with van der Waals surface area (Å²) >= 11 is 0. The van der Waals surface area contributed by atoms with Gasteiger partial charge in [-0.05, 0) is 26.0 Å². The highest BCUT2D eigenvalue weighted by molar-refractivity contribution is 5.70. The SMILES string of the molecule is Cc1ccc2[nH]c([C@H](C)O)nc2n1. The number of aliphatic hydroxyl groups excluding tert-OH is 1. The van der Waals surface area contributed by atoms with Gasteiger partial charge in [-0.15, -0.1) is 0 Å². The molecule has 0 aliphatic heterocycles. The van der Waals surface area contributed by atoms with Gasteiger partial charge in [0, 0.05) is 5.69 Å². The van der Waals surface area contributed by atoms with Gasteiger partial charge in [-0.2, -0.15) is 0 Å². The van der Waals surface area contributed by atoms with Crippen molar-refractivity contribution in [2.75, 3.05) is 0 Å². The molecular weight excluding hydrogens is 166 g/mol. The molecule has 4 nitrogen and oxygen atoms in total. The molecule has 2 N–H and O–H groups in total. The minimum Gasteiger partial charge on any atom is -0.385 e. The van der Waals surface area contributed by atoms with Gasteiger partial charge in [0.25, 0.3) is 0 Å². The molecule has 0 aliphatic rings. The van der Waals surface area contributed by atoms with Crippen molar-refractivity contribution in [1.82, 2.24) is 15.0 Å². The molecule has 0 spiro atoms. The number of aromatic amines is 1. The van der Waals surface area contributed by atoms with Crippen LogP contribution in [0.3, 0.4) is 0 Å². The summed E-state index contributed by atoms with van der Waals surface area (Å²) in [7, 11) is 0. The lowest BCUT2D eigenvalue weighted by Crippen LogP contribution is -1.92. The summed E-state index contributed by atoms with van der Waals surface area (Å²) in [5.41, 5.74) is 2.45. The number of hydrogen-bond donors (Lipinski definition) is 2. The lowest BCUT2D eigenvalue weighted by Gasteiger charge is -1.94. The monoisotopic (exact) mass is 177 g/mol. The van der Waals surface area contributed by atoms with Gasteiger partial charge in [0.1, 0.15) is 11.9 Å². The van der Waals surface area contributed by atoms with Crippen molar-refractivity contribution in [3.05, 3.63) is 23.7 Å². The molecule has 2 rings (SSSR count). The van der Waals surface area contributed by atoms with E-state index in [1.165, 1.54) is 0 Å². The molecule has 0 aromatic carbocycles. The summed E-state index contributed by atoms with van der Waals surface area (Å²) in [5, 5.41) is 9.27. The number of aromatic nitrogens is 3. The van der Waals surface area contributed by atoms with Crippen molar-refractivity contribution < 1.29 is 5.11 Å². The van der Waals surface area contributed by atoms with E-state index in [0.29, 0.717) is 11.5 Å². The number of aliphatic hydroxyl groups is 1. The molecule has 0 saturated carbocycles. The first-order chi connectivity index (χ1) is 6.16. The fourth-order valence-corrected chi connectivity index (χ4v) is 1.20. The molecule has 0 fully saturated rings. The van der Waals surface area contributed by atoms with Crippen LogP contribution in [0.2, 0.25) is 0 Å². The third-order valence-corrected chi connectivity index (χ3v) is 1.90. The molecule has 2 aromatic heterocycles. The fraction of sp³-hybridized carbons (Fsp3) is 0.333. The lowest BCUT2D eigenvalue weighted by molar-refractivity contribution is 0.190. The smallest absolute Gasteiger partial charge is 0.178 e.